The Kier molecular flexibility index (Phi) is 4.52. The average molecular weight is 339 g/mol. The van der Waals surface area contributed by atoms with Crippen molar-refractivity contribution >= 4 is 32.4 Å². The molecular formula is C14H17N3O3S2. The normalized spacial score (nSPS) is 11.3. The highest BCUT2D eigenvalue weighted by atomic mass is 32.2. The number of hydrogen-bond donors (Lipinski definition) is 2. The van der Waals surface area contributed by atoms with Gasteiger partial charge in [-0.1, -0.05) is 29.0 Å². The Balaban J connectivity index is 2.35. The van der Waals surface area contributed by atoms with Crippen LogP contribution in [0.2, 0.25) is 0 Å². The van der Waals surface area contributed by atoms with Gasteiger partial charge in [-0.05, 0) is 32.4 Å². The lowest BCUT2D eigenvalue weighted by atomic mass is 10.2. The van der Waals surface area contributed by atoms with Gasteiger partial charge in [0.1, 0.15) is 4.88 Å². The molecule has 1 aromatic carbocycles. The van der Waals surface area contributed by atoms with Crippen LogP contribution < -0.4 is 10.0 Å². The van der Waals surface area contributed by atoms with E-state index in [1.165, 1.54) is 7.05 Å². The Morgan fingerprint density at radius 1 is 1.23 bits per heavy atom. The third-order valence-electron chi connectivity index (χ3n) is 3.07. The summed E-state index contributed by atoms with van der Waals surface area (Å²) in [5, 5.41) is 2.68. The number of amides is 1. The molecule has 0 fully saturated rings. The number of nitrogens with one attached hydrogen (secondary N) is 2. The van der Waals surface area contributed by atoms with E-state index in [4.69, 9.17) is 0 Å². The number of carbonyl (C=O) groups is 1. The van der Waals surface area contributed by atoms with E-state index in [1.807, 2.05) is 6.92 Å². The molecule has 0 radical (unpaired) electrons. The molecular weight excluding hydrogens is 322 g/mol. The fourth-order valence-corrected chi connectivity index (χ4v) is 4.41. The van der Waals surface area contributed by atoms with E-state index in [2.05, 4.69) is 15.0 Å². The summed E-state index contributed by atoms with van der Waals surface area (Å²) in [7, 11) is -2.22. The van der Waals surface area contributed by atoms with E-state index in [0.29, 0.717) is 16.1 Å². The van der Waals surface area contributed by atoms with Crippen molar-refractivity contribution in [2.75, 3.05) is 11.8 Å². The predicted molar refractivity (Wildman–Crippen MR) is 87.0 cm³/mol. The largest absolute Gasteiger partial charge is 0.354 e. The Labute approximate surface area is 133 Å². The number of hydrogen-bond acceptors (Lipinski definition) is 5. The van der Waals surface area contributed by atoms with Gasteiger partial charge < -0.3 is 5.32 Å². The number of anilines is 1. The molecule has 1 amide bonds. The van der Waals surface area contributed by atoms with Crippen LogP contribution in [0.3, 0.4) is 0 Å². The van der Waals surface area contributed by atoms with Gasteiger partial charge in [0, 0.05) is 7.05 Å². The lowest BCUT2D eigenvalue weighted by Crippen LogP contribution is -2.17. The first kappa shape index (κ1) is 16.4. The second kappa shape index (κ2) is 6.05. The van der Waals surface area contributed by atoms with Gasteiger partial charge >= 0.3 is 0 Å². The topological polar surface area (TPSA) is 88.2 Å². The van der Waals surface area contributed by atoms with Crippen LogP contribution in [0.1, 0.15) is 26.5 Å². The third-order valence-corrected chi connectivity index (χ3v) is 5.77. The summed E-state index contributed by atoms with van der Waals surface area (Å²) in [5.41, 5.74) is 2.14. The van der Waals surface area contributed by atoms with E-state index < -0.39 is 10.0 Å². The fourth-order valence-electron chi connectivity index (χ4n) is 2.04. The first-order chi connectivity index (χ1) is 10.2. The zero-order valence-corrected chi connectivity index (χ0v) is 14.4. The molecule has 22 heavy (non-hydrogen) atoms. The maximum atomic E-state index is 12.4. The minimum atomic E-state index is -3.73. The van der Waals surface area contributed by atoms with E-state index in [9.17, 15) is 13.2 Å². The highest BCUT2D eigenvalue weighted by Crippen LogP contribution is 2.26. The van der Waals surface area contributed by atoms with Crippen molar-refractivity contribution in [2.45, 2.75) is 25.7 Å². The summed E-state index contributed by atoms with van der Waals surface area (Å²) in [6.07, 6.45) is 0. The SMILES string of the molecule is CNC(=O)c1sc(NS(=O)(=O)c2ccc(C)cc2C)nc1C. The Morgan fingerprint density at radius 2 is 1.91 bits per heavy atom. The van der Waals surface area contributed by atoms with Crippen LogP contribution in [-0.4, -0.2) is 26.4 Å². The van der Waals surface area contributed by atoms with Crippen LogP contribution in [-0.2, 0) is 10.0 Å². The van der Waals surface area contributed by atoms with E-state index in [0.717, 1.165) is 16.9 Å². The van der Waals surface area contributed by atoms with E-state index in [1.54, 1.807) is 32.0 Å². The molecule has 1 heterocycles. The molecule has 6 nitrogen and oxygen atoms in total. The maximum Gasteiger partial charge on any atom is 0.263 e. The van der Waals surface area contributed by atoms with Crippen molar-refractivity contribution in [1.82, 2.24) is 10.3 Å². The van der Waals surface area contributed by atoms with E-state index >= 15 is 0 Å². The van der Waals surface area contributed by atoms with E-state index in [-0.39, 0.29) is 15.9 Å². The van der Waals surface area contributed by atoms with Crippen molar-refractivity contribution in [2.24, 2.45) is 0 Å². The summed E-state index contributed by atoms with van der Waals surface area (Å²) in [6, 6.07) is 5.11. The molecule has 0 aliphatic carbocycles. The van der Waals surface area contributed by atoms with Gasteiger partial charge in [0.25, 0.3) is 15.9 Å². The van der Waals surface area contributed by atoms with Crippen molar-refractivity contribution in [3.63, 3.8) is 0 Å². The molecule has 0 aliphatic heterocycles. The first-order valence-electron chi connectivity index (χ1n) is 6.54. The summed E-state index contributed by atoms with van der Waals surface area (Å²) in [6.45, 7) is 5.30. The number of benzene rings is 1. The highest BCUT2D eigenvalue weighted by Gasteiger charge is 2.21. The summed E-state index contributed by atoms with van der Waals surface area (Å²) < 4.78 is 27.3. The molecule has 118 valence electrons. The number of sulfonamides is 1. The molecule has 0 atom stereocenters. The molecule has 0 unspecified atom stereocenters. The smallest absolute Gasteiger partial charge is 0.263 e. The molecule has 2 aromatic rings. The van der Waals surface area contributed by atoms with Gasteiger partial charge in [0.15, 0.2) is 5.13 Å². The number of nitrogens with zero attached hydrogens (tertiary/aromatic N) is 1. The third kappa shape index (κ3) is 3.28. The predicted octanol–water partition coefficient (Wildman–Crippen LogP) is 2.23. The van der Waals surface area contributed by atoms with Crippen molar-refractivity contribution in [3.05, 3.63) is 39.9 Å². The standard InChI is InChI=1S/C14H17N3O3S2/c1-8-5-6-11(9(2)7-8)22(19,20)17-14-16-10(3)12(21-14)13(18)15-4/h5-7H,1-4H3,(H,15,18)(H,16,17). The zero-order chi connectivity index (χ0) is 16.5. The zero-order valence-electron chi connectivity index (χ0n) is 12.7. The maximum absolute atomic E-state index is 12.4. The highest BCUT2D eigenvalue weighted by molar-refractivity contribution is 7.93. The van der Waals surface area contributed by atoms with Gasteiger partial charge in [0.05, 0.1) is 10.6 Å². The van der Waals surface area contributed by atoms with Gasteiger partial charge in [0.2, 0.25) is 0 Å². The quantitative estimate of drug-likeness (QED) is 0.894. The molecule has 0 spiro atoms. The van der Waals surface area contributed by atoms with Crippen LogP contribution in [0.25, 0.3) is 0 Å². The number of carbonyl (C=O) groups excluding carboxylic acids is 1. The van der Waals surface area contributed by atoms with Crippen LogP contribution in [0.4, 0.5) is 5.13 Å². The lowest BCUT2D eigenvalue weighted by molar-refractivity contribution is 0.0966. The summed E-state index contributed by atoms with van der Waals surface area (Å²) in [5.74, 6) is -0.285. The molecule has 0 saturated carbocycles. The van der Waals surface area contributed by atoms with Crippen molar-refractivity contribution < 1.29 is 13.2 Å². The minimum Gasteiger partial charge on any atom is -0.354 e. The Hall–Kier alpha value is -1.93. The number of aromatic nitrogens is 1. The fraction of sp³-hybridized carbons (Fsp3) is 0.286. The summed E-state index contributed by atoms with van der Waals surface area (Å²) >= 11 is 1.01. The van der Waals surface area contributed by atoms with Crippen LogP contribution in [0.15, 0.2) is 23.1 Å². The molecule has 0 bridgehead atoms. The lowest BCUT2D eigenvalue weighted by Gasteiger charge is -2.08. The second-order valence-electron chi connectivity index (χ2n) is 4.89. The van der Waals surface area contributed by atoms with Gasteiger partial charge in [-0.2, -0.15) is 0 Å². The van der Waals surface area contributed by atoms with Crippen LogP contribution in [0.5, 0.6) is 0 Å². The van der Waals surface area contributed by atoms with Crippen molar-refractivity contribution in [1.29, 1.82) is 0 Å². The molecule has 0 aliphatic rings. The number of thiazole rings is 1. The Bertz CT molecular complexity index is 826. The second-order valence-corrected chi connectivity index (χ2v) is 7.54. The average Bonchev–Trinajstić information content (AvgIpc) is 2.77. The molecule has 1 aromatic heterocycles. The van der Waals surface area contributed by atoms with Crippen LogP contribution in [0, 0.1) is 20.8 Å². The van der Waals surface area contributed by atoms with Gasteiger partial charge in [-0.25, -0.2) is 13.4 Å². The number of rotatable bonds is 4. The van der Waals surface area contributed by atoms with Crippen LogP contribution >= 0.6 is 11.3 Å². The first-order valence-corrected chi connectivity index (χ1v) is 8.84. The molecule has 8 heteroatoms. The Morgan fingerprint density at radius 3 is 2.50 bits per heavy atom. The molecule has 0 saturated heterocycles. The minimum absolute atomic E-state index is 0.177. The number of aryl methyl sites for hydroxylation is 3. The van der Waals surface area contributed by atoms with Gasteiger partial charge in [-0.3, -0.25) is 9.52 Å². The molecule has 2 rings (SSSR count). The molecule has 2 N–H and O–H groups in total. The monoisotopic (exact) mass is 339 g/mol. The van der Waals surface area contributed by atoms with Crippen molar-refractivity contribution in [3.8, 4) is 0 Å². The van der Waals surface area contributed by atoms with Gasteiger partial charge in [-0.15, -0.1) is 0 Å². The summed E-state index contributed by atoms with van der Waals surface area (Å²) in [4.78, 5) is 16.4.